The monoisotopic (exact) mass is 205 g/mol. The summed E-state index contributed by atoms with van der Waals surface area (Å²) < 4.78 is 0. The fourth-order valence-electron chi connectivity index (χ4n) is 1.12. The minimum Gasteiger partial charge on any atom is -0.265 e. The normalized spacial score (nSPS) is 20.9. The average Bonchev–Trinajstić information content (AvgIpc) is 2.63. The lowest BCUT2D eigenvalue weighted by molar-refractivity contribution is 0.350. The van der Waals surface area contributed by atoms with Crippen molar-refractivity contribution < 1.29 is 0 Å². The molecule has 3 nitrogen and oxygen atoms in total. The second-order valence-electron chi connectivity index (χ2n) is 2.95. The Morgan fingerprint density at radius 2 is 2.21 bits per heavy atom. The van der Waals surface area contributed by atoms with Crippen LogP contribution in [0.2, 0.25) is 0 Å². The Bertz CT molecular complexity index is 348. The number of aliphatic imine (C=N–C) groups is 1. The standard InChI is InChI=1S/C10H11N3S/c1-13-10(14-8-12-13)11-7-9-5-3-2-4-6-9/h2-8,10H,1H3/b11-7+. The van der Waals surface area contributed by atoms with Gasteiger partial charge < -0.3 is 0 Å². The van der Waals surface area contributed by atoms with Crippen LogP contribution in [-0.4, -0.2) is 29.3 Å². The van der Waals surface area contributed by atoms with E-state index in [2.05, 4.69) is 10.1 Å². The van der Waals surface area contributed by atoms with Gasteiger partial charge in [0.05, 0.1) is 5.55 Å². The van der Waals surface area contributed by atoms with E-state index in [1.54, 1.807) is 11.8 Å². The largest absolute Gasteiger partial charge is 0.265 e. The smallest absolute Gasteiger partial charge is 0.188 e. The molecule has 1 aromatic rings. The van der Waals surface area contributed by atoms with Crippen LogP contribution in [0.25, 0.3) is 0 Å². The van der Waals surface area contributed by atoms with Gasteiger partial charge in [0, 0.05) is 13.3 Å². The average molecular weight is 205 g/mol. The van der Waals surface area contributed by atoms with Crippen LogP contribution in [0, 0.1) is 0 Å². The van der Waals surface area contributed by atoms with Gasteiger partial charge in [0.25, 0.3) is 0 Å². The predicted octanol–water partition coefficient (Wildman–Crippen LogP) is 2.01. The quantitative estimate of drug-likeness (QED) is 0.691. The molecule has 0 aromatic heterocycles. The maximum Gasteiger partial charge on any atom is 0.188 e. The highest BCUT2D eigenvalue weighted by atomic mass is 32.2. The summed E-state index contributed by atoms with van der Waals surface area (Å²) in [6, 6.07) is 10.1. The first-order valence-electron chi connectivity index (χ1n) is 4.35. The molecule has 1 unspecified atom stereocenters. The lowest BCUT2D eigenvalue weighted by Gasteiger charge is -2.12. The zero-order valence-electron chi connectivity index (χ0n) is 7.87. The summed E-state index contributed by atoms with van der Waals surface area (Å²) in [5.41, 5.74) is 3.02. The highest BCUT2D eigenvalue weighted by Gasteiger charge is 2.14. The van der Waals surface area contributed by atoms with Gasteiger partial charge in [-0.3, -0.25) is 10.0 Å². The molecule has 0 saturated heterocycles. The molecular formula is C10H11N3S. The van der Waals surface area contributed by atoms with Gasteiger partial charge in [-0.05, 0) is 5.56 Å². The molecule has 0 amide bonds. The van der Waals surface area contributed by atoms with E-state index in [-0.39, 0.29) is 5.50 Å². The van der Waals surface area contributed by atoms with Gasteiger partial charge in [-0.2, -0.15) is 5.10 Å². The Labute approximate surface area is 87.5 Å². The molecule has 0 bridgehead atoms. The van der Waals surface area contributed by atoms with Crippen LogP contribution >= 0.6 is 11.8 Å². The number of nitrogens with zero attached hydrogens (tertiary/aromatic N) is 3. The fraction of sp³-hybridized carbons (Fsp3) is 0.200. The molecule has 1 atom stereocenters. The first kappa shape index (κ1) is 9.27. The Morgan fingerprint density at radius 1 is 1.43 bits per heavy atom. The molecule has 72 valence electrons. The second kappa shape index (κ2) is 4.28. The highest BCUT2D eigenvalue weighted by molar-refractivity contribution is 8.12. The zero-order chi connectivity index (χ0) is 9.80. The number of hydrogen-bond donors (Lipinski definition) is 0. The topological polar surface area (TPSA) is 28.0 Å². The minimum atomic E-state index is 0.0928. The summed E-state index contributed by atoms with van der Waals surface area (Å²) >= 11 is 1.61. The van der Waals surface area contributed by atoms with E-state index in [0.29, 0.717) is 0 Å². The number of thioether (sulfide) groups is 1. The van der Waals surface area contributed by atoms with Gasteiger partial charge in [0.2, 0.25) is 0 Å². The molecule has 2 rings (SSSR count). The van der Waals surface area contributed by atoms with Gasteiger partial charge >= 0.3 is 0 Å². The van der Waals surface area contributed by atoms with E-state index in [9.17, 15) is 0 Å². The summed E-state index contributed by atoms with van der Waals surface area (Å²) in [5, 5.41) is 5.92. The lowest BCUT2D eigenvalue weighted by atomic mass is 10.2. The van der Waals surface area contributed by atoms with Gasteiger partial charge in [0.1, 0.15) is 0 Å². The number of hydrazone groups is 1. The summed E-state index contributed by atoms with van der Waals surface area (Å²) in [4.78, 5) is 4.41. The molecule has 0 aliphatic carbocycles. The van der Waals surface area contributed by atoms with Crippen molar-refractivity contribution in [1.29, 1.82) is 0 Å². The third kappa shape index (κ3) is 2.14. The van der Waals surface area contributed by atoms with Crippen molar-refractivity contribution in [3.63, 3.8) is 0 Å². The first-order chi connectivity index (χ1) is 6.86. The lowest BCUT2D eigenvalue weighted by Crippen LogP contribution is -2.17. The van der Waals surface area contributed by atoms with Crippen LogP contribution in [0.5, 0.6) is 0 Å². The van der Waals surface area contributed by atoms with Gasteiger partial charge in [-0.15, -0.1) is 0 Å². The van der Waals surface area contributed by atoms with Crippen molar-refractivity contribution in [3.8, 4) is 0 Å². The van der Waals surface area contributed by atoms with E-state index in [1.807, 2.05) is 54.1 Å². The summed E-state index contributed by atoms with van der Waals surface area (Å²) in [6.07, 6.45) is 1.88. The molecular weight excluding hydrogens is 194 g/mol. The van der Waals surface area contributed by atoms with E-state index in [0.717, 1.165) is 5.56 Å². The molecule has 4 heteroatoms. The van der Waals surface area contributed by atoms with Crippen LogP contribution < -0.4 is 0 Å². The molecule has 0 N–H and O–H groups in total. The first-order valence-corrected chi connectivity index (χ1v) is 5.29. The van der Waals surface area contributed by atoms with E-state index in [1.165, 1.54) is 0 Å². The number of hydrogen-bond acceptors (Lipinski definition) is 4. The fourth-order valence-corrected chi connectivity index (χ4v) is 1.80. The third-order valence-corrected chi connectivity index (χ3v) is 2.77. The highest BCUT2D eigenvalue weighted by Crippen LogP contribution is 2.19. The number of rotatable bonds is 2. The third-order valence-electron chi connectivity index (χ3n) is 1.88. The molecule has 1 heterocycles. The molecule has 1 aliphatic heterocycles. The van der Waals surface area contributed by atoms with Crippen molar-refractivity contribution in [3.05, 3.63) is 35.9 Å². The van der Waals surface area contributed by atoms with Gasteiger partial charge in [-0.1, -0.05) is 42.1 Å². The Kier molecular flexibility index (Phi) is 2.84. The van der Waals surface area contributed by atoms with Crippen molar-refractivity contribution in [2.75, 3.05) is 7.05 Å². The van der Waals surface area contributed by atoms with Crippen LogP contribution in [-0.2, 0) is 0 Å². The molecule has 0 spiro atoms. The van der Waals surface area contributed by atoms with Crippen LogP contribution in [0.3, 0.4) is 0 Å². The Morgan fingerprint density at radius 3 is 2.86 bits per heavy atom. The van der Waals surface area contributed by atoms with Gasteiger partial charge in [-0.25, -0.2) is 0 Å². The second-order valence-corrected chi connectivity index (χ2v) is 3.85. The maximum absolute atomic E-state index is 4.41. The minimum absolute atomic E-state index is 0.0928. The van der Waals surface area contributed by atoms with Crippen molar-refractivity contribution >= 4 is 23.5 Å². The molecule has 0 radical (unpaired) electrons. The van der Waals surface area contributed by atoms with Gasteiger partial charge in [0.15, 0.2) is 5.50 Å². The summed E-state index contributed by atoms with van der Waals surface area (Å²) in [7, 11) is 1.92. The van der Waals surface area contributed by atoms with E-state index in [4.69, 9.17) is 0 Å². The van der Waals surface area contributed by atoms with Crippen molar-refractivity contribution in [2.45, 2.75) is 5.50 Å². The van der Waals surface area contributed by atoms with E-state index < -0.39 is 0 Å². The van der Waals surface area contributed by atoms with Crippen LogP contribution in [0.4, 0.5) is 0 Å². The SMILES string of the molecule is CN1N=CSC1/N=C/c1ccccc1. The molecule has 0 saturated carbocycles. The molecule has 14 heavy (non-hydrogen) atoms. The number of benzene rings is 1. The molecule has 1 aromatic carbocycles. The van der Waals surface area contributed by atoms with Crippen molar-refractivity contribution in [2.24, 2.45) is 10.1 Å². The zero-order valence-corrected chi connectivity index (χ0v) is 8.69. The predicted molar refractivity (Wildman–Crippen MR) is 61.7 cm³/mol. The summed E-state index contributed by atoms with van der Waals surface area (Å²) in [6.45, 7) is 0. The summed E-state index contributed by atoms with van der Waals surface area (Å²) in [5.74, 6) is 0. The maximum atomic E-state index is 4.41. The van der Waals surface area contributed by atoms with Crippen LogP contribution in [0.15, 0.2) is 40.4 Å². The Balaban J connectivity index is 2.01. The van der Waals surface area contributed by atoms with Crippen molar-refractivity contribution in [1.82, 2.24) is 5.01 Å². The Hall–Kier alpha value is -1.29. The molecule has 1 aliphatic rings. The van der Waals surface area contributed by atoms with E-state index >= 15 is 0 Å². The molecule has 0 fully saturated rings. The van der Waals surface area contributed by atoms with Crippen LogP contribution in [0.1, 0.15) is 5.56 Å².